The highest BCUT2D eigenvalue weighted by Gasteiger charge is 2.57. The summed E-state index contributed by atoms with van der Waals surface area (Å²) in [6.07, 6.45) is -0.479. The zero-order valence-corrected chi connectivity index (χ0v) is 20.6. The van der Waals surface area contributed by atoms with Crippen LogP contribution < -0.4 is 5.32 Å². The molecule has 1 aromatic carbocycles. The van der Waals surface area contributed by atoms with E-state index in [1.54, 1.807) is 39.8 Å². The molecule has 190 valence electrons. The van der Waals surface area contributed by atoms with E-state index in [1.165, 1.54) is 11.9 Å². The Morgan fingerprint density at radius 1 is 1.17 bits per heavy atom. The number of nitrogens with one attached hydrogen (secondary N) is 1. The van der Waals surface area contributed by atoms with Crippen LogP contribution in [0.5, 0.6) is 0 Å². The summed E-state index contributed by atoms with van der Waals surface area (Å²) in [6, 6.07) is 6.86. The fraction of sp³-hybridized carbons (Fsp3) is 0.520. The molecule has 3 atom stereocenters. The number of nitrogens with zero attached hydrogens (tertiary/aromatic N) is 1. The number of likely N-dealkylation sites (N-methyl/N-ethyl adjacent to an activating group) is 1. The van der Waals surface area contributed by atoms with Gasteiger partial charge in [-0.2, -0.15) is 0 Å². The summed E-state index contributed by atoms with van der Waals surface area (Å²) < 4.78 is 15.6. The van der Waals surface area contributed by atoms with Crippen molar-refractivity contribution >= 4 is 29.3 Å². The number of aliphatic hydroxyl groups is 1. The average Bonchev–Trinajstić information content (AvgIpc) is 3.13. The number of carbonyl (C=O) groups excluding carboxylic acids is 4. The highest BCUT2D eigenvalue weighted by atomic mass is 16.7. The summed E-state index contributed by atoms with van der Waals surface area (Å²) in [6.45, 7) is 6.21. The summed E-state index contributed by atoms with van der Waals surface area (Å²) in [4.78, 5) is 50.3. The second-order valence-corrected chi connectivity index (χ2v) is 9.67. The first kappa shape index (κ1) is 26.4. The number of carbonyl (C=O) groups is 4. The van der Waals surface area contributed by atoms with Crippen molar-refractivity contribution < 1.29 is 38.5 Å². The molecular formula is C25H32N2O8. The van der Waals surface area contributed by atoms with Crippen LogP contribution in [-0.4, -0.2) is 66.4 Å². The van der Waals surface area contributed by atoms with Crippen LogP contribution in [-0.2, 0) is 40.0 Å². The Labute approximate surface area is 204 Å². The Kier molecular flexibility index (Phi) is 7.97. The second kappa shape index (κ2) is 10.6. The van der Waals surface area contributed by atoms with E-state index < -0.39 is 36.2 Å². The number of hydrogen-bond donors (Lipinski definition) is 2. The van der Waals surface area contributed by atoms with Crippen LogP contribution in [0, 0.1) is 11.3 Å². The molecule has 2 heterocycles. The van der Waals surface area contributed by atoms with E-state index >= 15 is 0 Å². The maximum Gasteiger partial charge on any atom is 0.358 e. The lowest BCUT2D eigenvalue weighted by molar-refractivity contribution is -0.175. The van der Waals surface area contributed by atoms with Crippen molar-refractivity contribution in [3.63, 3.8) is 0 Å². The molecule has 0 aliphatic carbocycles. The molecule has 1 fully saturated rings. The predicted octanol–water partition coefficient (Wildman–Crippen LogP) is 1.36. The first-order chi connectivity index (χ1) is 16.5. The lowest BCUT2D eigenvalue weighted by atomic mass is 9.82. The van der Waals surface area contributed by atoms with Crippen molar-refractivity contribution in [2.75, 3.05) is 20.4 Å². The third-order valence-electron chi connectivity index (χ3n) is 6.00. The minimum absolute atomic E-state index is 0.0569. The normalized spacial score (nSPS) is 20.2. The van der Waals surface area contributed by atoms with Crippen LogP contribution >= 0.6 is 0 Å². The zero-order valence-electron chi connectivity index (χ0n) is 20.6. The average molecular weight is 489 g/mol. The summed E-state index contributed by atoms with van der Waals surface area (Å²) in [5, 5.41) is 12.5. The van der Waals surface area contributed by atoms with E-state index in [2.05, 4.69) is 5.32 Å². The third kappa shape index (κ3) is 5.71. The van der Waals surface area contributed by atoms with Gasteiger partial charge in [0.15, 0.2) is 0 Å². The summed E-state index contributed by atoms with van der Waals surface area (Å²) in [5.74, 6) is -2.48. The van der Waals surface area contributed by atoms with E-state index in [-0.39, 0.29) is 36.8 Å². The Balaban J connectivity index is 1.78. The highest BCUT2D eigenvalue weighted by Crippen LogP contribution is 2.47. The number of ether oxygens (including phenoxy) is 3. The first-order valence-electron chi connectivity index (χ1n) is 11.4. The van der Waals surface area contributed by atoms with Gasteiger partial charge in [-0.05, 0) is 50.8 Å². The largest absolute Gasteiger partial charge is 0.427 e. The zero-order chi connectivity index (χ0) is 25.9. The summed E-state index contributed by atoms with van der Waals surface area (Å²) >= 11 is 0. The number of esters is 2. The molecule has 2 amide bonds. The number of rotatable bonds is 9. The molecule has 35 heavy (non-hydrogen) atoms. The molecule has 0 radical (unpaired) electrons. The maximum absolute atomic E-state index is 13.0. The predicted molar refractivity (Wildman–Crippen MR) is 124 cm³/mol. The van der Waals surface area contributed by atoms with Gasteiger partial charge >= 0.3 is 11.9 Å². The molecule has 0 bridgehead atoms. The Morgan fingerprint density at radius 3 is 2.40 bits per heavy atom. The molecule has 1 aromatic rings. The minimum atomic E-state index is -0.854. The number of hydrogen-bond acceptors (Lipinski definition) is 8. The van der Waals surface area contributed by atoms with Gasteiger partial charge in [-0.3, -0.25) is 14.4 Å². The molecule has 0 unspecified atom stereocenters. The molecule has 1 saturated heterocycles. The molecular weight excluding hydrogens is 456 g/mol. The standard InChI is InChI=1S/C25H32N2O8/c1-14(28)20-18-10-17(16-8-6-15(7-9-16)11-33-12-19(29)26-5)21(27(18)22(20)30)23(31)34-13-35-24(32)25(2,3)4/h6-9,14,18,20,28H,10-13H2,1-5H3,(H,26,29)/t14-,18-,20-/m1/s1. The third-order valence-corrected chi connectivity index (χ3v) is 6.00. The fourth-order valence-electron chi connectivity index (χ4n) is 4.07. The van der Waals surface area contributed by atoms with Gasteiger partial charge in [-0.15, -0.1) is 0 Å². The molecule has 10 nitrogen and oxygen atoms in total. The monoisotopic (exact) mass is 488 g/mol. The van der Waals surface area contributed by atoms with Crippen molar-refractivity contribution in [2.45, 2.75) is 52.9 Å². The van der Waals surface area contributed by atoms with Crippen LogP contribution in [0.3, 0.4) is 0 Å². The minimum Gasteiger partial charge on any atom is -0.427 e. The molecule has 10 heteroatoms. The molecule has 3 rings (SSSR count). The van der Waals surface area contributed by atoms with Gasteiger partial charge in [0.05, 0.1) is 30.1 Å². The van der Waals surface area contributed by atoms with E-state index in [9.17, 15) is 24.3 Å². The van der Waals surface area contributed by atoms with Crippen LogP contribution in [0.1, 0.15) is 45.2 Å². The van der Waals surface area contributed by atoms with Gasteiger partial charge in [0.2, 0.25) is 18.6 Å². The van der Waals surface area contributed by atoms with Crippen LogP contribution in [0.15, 0.2) is 30.0 Å². The van der Waals surface area contributed by atoms with Crippen molar-refractivity contribution in [1.82, 2.24) is 10.2 Å². The Morgan fingerprint density at radius 2 is 1.83 bits per heavy atom. The summed E-state index contributed by atoms with van der Waals surface area (Å²) in [7, 11) is 1.53. The van der Waals surface area contributed by atoms with Crippen molar-refractivity contribution in [1.29, 1.82) is 0 Å². The lowest BCUT2D eigenvalue weighted by Crippen LogP contribution is -2.61. The second-order valence-electron chi connectivity index (χ2n) is 9.67. The number of fused-ring (bicyclic) bond motifs is 1. The van der Waals surface area contributed by atoms with Gasteiger partial charge in [0.1, 0.15) is 12.3 Å². The SMILES string of the molecule is CNC(=O)COCc1ccc(C2=C(C(=O)OCOC(=O)C(C)(C)C)N3C(=O)[C@H]([C@@H](C)O)[C@H]3C2)cc1. The van der Waals surface area contributed by atoms with E-state index in [4.69, 9.17) is 14.2 Å². The number of amides is 2. The summed E-state index contributed by atoms with van der Waals surface area (Å²) in [5.41, 5.74) is 1.49. The Bertz CT molecular complexity index is 1020. The van der Waals surface area contributed by atoms with Gasteiger partial charge in [0, 0.05) is 7.05 Å². The smallest absolute Gasteiger partial charge is 0.358 e. The fourth-order valence-corrected chi connectivity index (χ4v) is 4.07. The Hall–Kier alpha value is -3.24. The number of aliphatic hydroxyl groups excluding tert-OH is 1. The van der Waals surface area contributed by atoms with Crippen molar-refractivity contribution in [3.05, 3.63) is 41.1 Å². The quantitative estimate of drug-likeness (QED) is 0.303. The number of β-lactam (4-membered cyclic amide) rings is 1. The van der Waals surface area contributed by atoms with Crippen LogP contribution in [0.25, 0.3) is 5.57 Å². The van der Waals surface area contributed by atoms with Gasteiger partial charge in [-0.25, -0.2) is 4.79 Å². The van der Waals surface area contributed by atoms with Gasteiger partial charge < -0.3 is 29.5 Å². The molecule has 0 aromatic heterocycles. The van der Waals surface area contributed by atoms with Crippen LogP contribution in [0.2, 0.25) is 0 Å². The molecule has 2 aliphatic heterocycles. The van der Waals surface area contributed by atoms with Gasteiger partial charge in [0.25, 0.3) is 0 Å². The topological polar surface area (TPSA) is 131 Å². The highest BCUT2D eigenvalue weighted by molar-refractivity contribution is 6.06. The number of benzene rings is 1. The first-order valence-corrected chi connectivity index (χ1v) is 11.4. The molecule has 0 saturated carbocycles. The van der Waals surface area contributed by atoms with Gasteiger partial charge in [-0.1, -0.05) is 24.3 Å². The molecule has 2 N–H and O–H groups in total. The molecule has 0 spiro atoms. The molecule has 2 aliphatic rings. The van der Waals surface area contributed by atoms with Crippen molar-refractivity contribution in [2.24, 2.45) is 11.3 Å². The lowest BCUT2D eigenvalue weighted by Gasteiger charge is -2.44. The van der Waals surface area contributed by atoms with E-state index in [0.717, 1.165) is 5.56 Å². The maximum atomic E-state index is 13.0. The van der Waals surface area contributed by atoms with E-state index in [0.29, 0.717) is 17.6 Å². The van der Waals surface area contributed by atoms with Crippen LogP contribution in [0.4, 0.5) is 0 Å². The van der Waals surface area contributed by atoms with Crippen molar-refractivity contribution in [3.8, 4) is 0 Å². The van der Waals surface area contributed by atoms with E-state index in [1.807, 2.05) is 12.1 Å².